The smallest absolute Gasteiger partial charge is 0.122 e. The van der Waals surface area contributed by atoms with Gasteiger partial charge in [0.2, 0.25) is 0 Å². The van der Waals surface area contributed by atoms with Crippen LogP contribution in [-0.2, 0) is 0 Å². The maximum absolute atomic E-state index is 5.34. The lowest BCUT2D eigenvalue weighted by molar-refractivity contribution is 0.411. The maximum atomic E-state index is 5.34. The van der Waals surface area contributed by atoms with E-state index in [2.05, 4.69) is 38.2 Å². The van der Waals surface area contributed by atoms with Gasteiger partial charge in [-0.05, 0) is 50.6 Å². The van der Waals surface area contributed by atoms with Crippen molar-refractivity contribution in [2.75, 3.05) is 20.7 Å². The fourth-order valence-electron chi connectivity index (χ4n) is 1.79. The van der Waals surface area contributed by atoms with Crippen LogP contribution in [0.3, 0.4) is 0 Å². The second-order valence-corrected chi connectivity index (χ2v) is 5.64. The van der Waals surface area contributed by atoms with E-state index < -0.39 is 0 Å². The highest BCUT2D eigenvalue weighted by molar-refractivity contribution is 8.00. The van der Waals surface area contributed by atoms with Crippen LogP contribution in [0.1, 0.15) is 24.5 Å². The molecule has 0 amide bonds. The van der Waals surface area contributed by atoms with Gasteiger partial charge in [-0.1, -0.05) is 6.92 Å². The summed E-state index contributed by atoms with van der Waals surface area (Å²) < 4.78 is 5.34. The molecule has 1 aromatic carbocycles. The van der Waals surface area contributed by atoms with Gasteiger partial charge < -0.3 is 10.1 Å². The van der Waals surface area contributed by atoms with Gasteiger partial charge in [-0.25, -0.2) is 0 Å². The van der Waals surface area contributed by atoms with Crippen molar-refractivity contribution in [3.63, 3.8) is 0 Å². The molecule has 0 spiro atoms. The second kappa shape index (κ2) is 6.92. The maximum Gasteiger partial charge on any atom is 0.122 e. The largest absolute Gasteiger partial charge is 0.496 e. The van der Waals surface area contributed by atoms with Gasteiger partial charge in [-0.2, -0.15) is 0 Å². The molecule has 0 aliphatic carbocycles. The summed E-state index contributed by atoms with van der Waals surface area (Å²) in [4.78, 5) is 1.37. The Balaban J connectivity index is 2.87. The fraction of sp³-hybridized carbons (Fsp3) is 0.571. The molecule has 1 unspecified atom stereocenters. The molecule has 1 aromatic rings. The van der Waals surface area contributed by atoms with Crippen LogP contribution in [0.5, 0.6) is 5.75 Å². The Morgan fingerprint density at radius 1 is 1.29 bits per heavy atom. The van der Waals surface area contributed by atoms with Crippen LogP contribution in [0, 0.1) is 13.8 Å². The minimum Gasteiger partial charge on any atom is -0.496 e. The average Bonchev–Trinajstić information content (AvgIpc) is 2.32. The van der Waals surface area contributed by atoms with Crippen LogP contribution in [0.4, 0.5) is 0 Å². The molecule has 2 nitrogen and oxygen atoms in total. The lowest BCUT2D eigenvalue weighted by atomic mass is 10.1. The van der Waals surface area contributed by atoms with Crippen LogP contribution < -0.4 is 10.1 Å². The highest BCUT2D eigenvalue weighted by atomic mass is 32.2. The summed E-state index contributed by atoms with van der Waals surface area (Å²) in [5.74, 6) is 0.980. The van der Waals surface area contributed by atoms with E-state index in [9.17, 15) is 0 Å². The summed E-state index contributed by atoms with van der Waals surface area (Å²) in [7, 11) is 3.74. The van der Waals surface area contributed by atoms with Crippen molar-refractivity contribution in [1.29, 1.82) is 0 Å². The Morgan fingerprint density at radius 2 is 2.00 bits per heavy atom. The third-order valence-corrected chi connectivity index (χ3v) is 4.40. The number of rotatable bonds is 6. The van der Waals surface area contributed by atoms with Gasteiger partial charge in [-0.3, -0.25) is 0 Å². The molecule has 96 valence electrons. The lowest BCUT2D eigenvalue weighted by Crippen LogP contribution is -2.20. The summed E-state index contributed by atoms with van der Waals surface area (Å²) in [6.07, 6.45) is 1.18. The third-order valence-electron chi connectivity index (χ3n) is 2.87. The van der Waals surface area contributed by atoms with E-state index in [1.807, 2.05) is 18.8 Å². The van der Waals surface area contributed by atoms with Crippen molar-refractivity contribution in [2.24, 2.45) is 0 Å². The Morgan fingerprint density at radius 3 is 2.53 bits per heavy atom. The predicted octanol–water partition coefficient (Wildman–Crippen LogP) is 3.40. The molecule has 1 rings (SSSR count). The molecule has 17 heavy (non-hydrogen) atoms. The van der Waals surface area contributed by atoms with E-state index in [1.54, 1.807) is 7.11 Å². The Kier molecular flexibility index (Phi) is 5.86. The highest BCUT2D eigenvalue weighted by Gasteiger charge is 2.11. The van der Waals surface area contributed by atoms with Crippen molar-refractivity contribution in [3.8, 4) is 5.75 Å². The first-order valence-electron chi connectivity index (χ1n) is 6.08. The third kappa shape index (κ3) is 3.93. The Bertz CT molecular complexity index is 365. The van der Waals surface area contributed by atoms with E-state index in [4.69, 9.17) is 4.74 Å². The quantitative estimate of drug-likeness (QED) is 0.785. The molecule has 0 aliphatic rings. The summed E-state index contributed by atoms with van der Waals surface area (Å²) in [5, 5.41) is 3.88. The standard InChI is InChI=1S/C14H23NOS/c1-6-12(9-15-4)17-14-8-10(2)13(16-5)7-11(14)3/h7-8,12,15H,6,9H2,1-5H3. The molecule has 0 aliphatic heterocycles. The van der Waals surface area contributed by atoms with Crippen molar-refractivity contribution < 1.29 is 4.74 Å². The fourth-order valence-corrected chi connectivity index (χ4v) is 3.05. The molecule has 0 aromatic heterocycles. The van der Waals surface area contributed by atoms with Crippen LogP contribution in [0.15, 0.2) is 17.0 Å². The first-order chi connectivity index (χ1) is 8.12. The Labute approximate surface area is 109 Å². The normalized spacial score (nSPS) is 12.5. The van der Waals surface area contributed by atoms with Crippen LogP contribution in [0.25, 0.3) is 0 Å². The Hall–Kier alpha value is -0.670. The highest BCUT2D eigenvalue weighted by Crippen LogP contribution is 2.32. The van der Waals surface area contributed by atoms with Crippen molar-refractivity contribution in [2.45, 2.75) is 37.3 Å². The summed E-state index contributed by atoms with van der Waals surface area (Å²) in [6, 6.07) is 4.36. The monoisotopic (exact) mass is 253 g/mol. The van der Waals surface area contributed by atoms with Gasteiger partial charge in [0.1, 0.15) is 5.75 Å². The summed E-state index contributed by atoms with van der Waals surface area (Å²) in [5.41, 5.74) is 2.51. The zero-order chi connectivity index (χ0) is 12.8. The topological polar surface area (TPSA) is 21.3 Å². The van der Waals surface area contributed by atoms with Crippen LogP contribution in [-0.4, -0.2) is 26.0 Å². The van der Waals surface area contributed by atoms with E-state index in [1.165, 1.54) is 22.4 Å². The molecule has 0 saturated heterocycles. The van der Waals surface area contributed by atoms with Crippen LogP contribution >= 0.6 is 11.8 Å². The molecule has 1 atom stereocenters. The van der Waals surface area contributed by atoms with E-state index >= 15 is 0 Å². The molecular weight excluding hydrogens is 230 g/mol. The second-order valence-electron chi connectivity index (χ2n) is 4.29. The predicted molar refractivity (Wildman–Crippen MR) is 76.3 cm³/mol. The molecule has 3 heteroatoms. The number of hydrogen-bond donors (Lipinski definition) is 1. The van der Waals surface area contributed by atoms with Crippen molar-refractivity contribution >= 4 is 11.8 Å². The first-order valence-corrected chi connectivity index (χ1v) is 6.96. The zero-order valence-electron chi connectivity index (χ0n) is 11.5. The average molecular weight is 253 g/mol. The molecule has 0 heterocycles. The number of aryl methyl sites for hydroxylation is 2. The van der Waals surface area contributed by atoms with Gasteiger partial charge in [0.15, 0.2) is 0 Å². The lowest BCUT2D eigenvalue weighted by Gasteiger charge is -2.17. The number of benzene rings is 1. The molecule has 0 fully saturated rings. The van der Waals surface area contributed by atoms with E-state index in [0.29, 0.717) is 5.25 Å². The molecule has 0 saturated carbocycles. The summed E-state index contributed by atoms with van der Waals surface area (Å²) >= 11 is 1.96. The molecular formula is C14H23NOS. The van der Waals surface area contributed by atoms with Gasteiger partial charge in [0, 0.05) is 16.7 Å². The summed E-state index contributed by atoms with van der Waals surface area (Å²) in [6.45, 7) is 7.53. The van der Waals surface area contributed by atoms with Gasteiger partial charge >= 0.3 is 0 Å². The van der Waals surface area contributed by atoms with Crippen molar-refractivity contribution in [3.05, 3.63) is 23.3 Å². The minimum absolute atomic E-state index is 0.631. The van der Waals surface area contributed by atoms with Gasteiger partial charge in [0.25, 0.3) is 0 Å². The number of nitrogens with one attached hydrogen (secondary N) is 1. The number of methoxy groups -OCH3 is 1. The van der Waals surface area contributed by atoms with Gasteiger partial charge in [0.05, 0.1) is 7.11 Å². The molecule has 1 N–H and O–H groups in total. The minimum atomic E-state index is 0.631. The van der Waals surface area contributed by atoms with E-state index in [-0.39, 0.29) is 0 Å². The zero-order valence-corrected chi connectivity index (χ0v) is 12.3. The van der Waals surface area contributed by atoms with Crippen molar-refractivity contribution in [1.82, 2.24) is 5.32 Å². The first kappa shape index (κ1) is 14.4. The van der Waals surface area contributed by atoms with Gasteiger partial charge in [-0.15, -0.1) is 11.8 Å². The molecule has 0 radical (unpaired) electrons. The van der Waals surface area contributed by atoms with E-state index in [0.717, 1.165) is 12.3 Å². The molecule has 0 bridgehead atoms. The van der Waals surface area contributed by atoms with Crippen LogP contribution in [0.2, 0.25) is 0 Å². The number of hydrogen-bond acceptors (Lipinski definition) is 3. The SMILES string of the molecule is CCC(CNC)Sc1cc(C)c(OC)cc1C. The number of ether oxygens (including phenoxy) is 1. The number of thioether (sulfide) groups is 1.